The van der Waals surface area contributed by atoms with Gasteiger partial charge >= 0.3 is 5.97 Å². The molecule has 4 rings (SSSR count). The van der Waals surface area contributed by atoms with Gasteiger partial charge in [0.25, 0.3) is 11.7 Å². The Morgan fingerprint density at radius 1 is 1.19 bits per heavy atom. The molecule has 37 heavy (non-hydrogen) atoms. The zero-order valence-corrected chi connectivity index (χ0v) is 21.3. The van der Waals surface area contributed by atoms with Crippen LogP contribution in [0.5, 0.6) is 0 Å². The quantitative estimate of drug-likeness (QED) is 0.241. The van der Waals surface area contributed by atoms with Gasteiger partial charge in [-0.2, -0.15) is 0 Å². The Hall–Kier alpha value is -3.50. The highest BCUT2D eigenvalue weighted by Gasteiger charge is 2.47. The normalized spacial score (nSPS) is 20.0. The van der Waals surface area contributed by atoms with Crippen LogP contribution in [0, 0.1) is 19.7 Å². The number of benzene rings is 1. The van der Waals surface area contributed by atoms with Gasteiger partial charge in [0.15, 0.2) is 0 Å². The Bertz CT molecular complexity index is 1230. The summed E-state index contributed by atoms with van der Waals surface area (Å²) in [5.41, 5.74) is 1.06. The third-order valence-electron chi connectivity index (χ3n) is 6.87. The first-order valence-corrected chi connectivity index (χ1v) is 12.5. The highest BCUT2D eigenvalue weighted by atomic mass is 19.1. The van der Waals surface area contributed by atoms with E-state index in [9.17, 15) is 19.5 Å². The van der Waals surface area contributed by atoms with Crippen molar-refractivity contribution in [2.45, 2.75) is 33.2 Å². The fourth-order valence-corrected chi connectivity index (χ4v) is 5.07. The molecular weight excluding hydrogens is 481 g/mol. The smallest absolute Gasteiger partial charge is 0.355 e. The van der Waals surface area contributed by atoms with Crippen molar-refractivity contribution in [1.82, 2.24) is 14.8 Å². The van der Waals surface area contributed by atoms with Gasteiger partial charge in [0.2, 0.25) is 0 Å². The summed E-state index contributed by atoms with van der Waals surface area (Å²) in [6, 6.07) is 4.81. The Balaban J connectivity index is 1.75. The van der Waals surface area contributed by atoms with Crippen LogP contribution < -0.4 is 0 Å². The summed E-state index contributed by atoms with van der Waals surface area (Å²) in [6.45, 7) is 8.84. The fraction of sp³-hybridized carbons (Fsp3) is 0.444. The van der Waals surface area contributed by atoms with Gasteiger partial charge in [-0.3, -0.25) is 14.5 Å². The molecule has 2 N–H and O–H groups in total. The van der Waals surface area contributed by atoms with Crippen LogP contribution in [0.25, 0.3) is 5.76 Å². The van der Waals surface area contributed by atoms with E-state index in [1.54, 1.807) is 26.8 Å². The highest BCUT2D eigenvalue weighted by Crippen LogP contribution is 2.41. The van der Waals surface area contributed by atoms with Gasteiger partial charge in [0.1, 0.15) is 17.3 Å². The minimum atomic E-state index is -1.11. The van der Waals surface area contributed by atoms with Gasteiger partial charge in [-0.05, 0) is 38.8 Å². The summed E-state index contributed by atoms with van der Waals surface area (Å²) in [7, 11) is 0. The topological polar surface area (TPSA) is 112 Å². The van der Waals surface area contributed by atoms with E-state index in [1.165, 1.54) is 23.1 Å². The Labute approximate surface area is 214 Å². The highest BCUT2D eigenvalue weighted by molar-refractivity contribution is 6.46. The largest absolute Gasteiger partial charge is 0.507 e. The number of carbonyl (C=O) groups is 3. The number of Topliss-reactive ketones (excluding diaryl/α,β-unsaturated/α-hetero) is 1. The van der Waals surface area contributed by atoms with Gasteiger partial charge in [0, 0.05) is 43.0 Å². The number of aryl methyl sites for hydroxylation is 1. The molecule has 2 aromatic rings. The molecule has 0 aliphatic carbocycles. The number of nitrogens with one attached hydrogen (secondary N) is 1. The van der Waals surface area contributed by atoms with Crippen molar-refractivity contribution in [3.63, 3.8) is 0 Å². The molecule has 3 heterocycles. The van der Waals surface area contributed by atoms with E-state index in [2.05, 4.69) is 9.88 Å². The molecule has 0 unspecified atom stereocenters. The van der Waals surface area contributed by atoms with Crippen molar-refractivity contribution in [3.05, 3.63) is 63.7 Å². The van der Waals surface area contributed by atoms with Gasteiger partial charge in [-0.15, -0.1) is 0 Å². The lowest BCUT2D eigenvalue weighted by Crippen LogP contribution is -2.39. The Kier molecular flexibility index (Phi) is 8.09. The number of aromatic amines is 1. The molecule has 0 spiro atoms. The molecule has 0 radical (unpaired) electrons. The van der Waals surface area contributed by atoms with E-state index in [4.69, 9.17) is 9.47 Å². The number of aliphatic hydroxyl groups is 1. The van der Waals surface area contributed by atoms with Crippen molar-refractivity contribution >= 4 is 23.4 Å². The predicted molar refractivity (Wildman–Crippen MR) is 134 cm³/mol. The van der Waals surface area contributed by atoms with Crippen LogP contribution in [-0.2, 0) is 19.1 Å². The Morgan fingerprint density at radius 3 is 2.57 bits per heavy atom. The summed E-state index contributed by atoms with van der Waals surface area (Å²) >= 11 is 0. The number of aliphatic hydroxyl groups excluding tert-OH is 1. The molecule has 198 valence electrons. The number of nitrogens with zero attached hydrogens (tertiary/aromatic N) is 2. The molecule has 1 amide bonds. The van der Waals surface area contributed by atoms with Gasteiger partial charge in [-0.1, -0.05) is 18.2 Å². The molecule has 10 heteroatoms. The zero-order valence-electron chi connectivity index (χ0n) is 21.3. The van der Waals surface area contributed by atoms with Gasteiger partial charge < -0.3 is 24.5 Å². The number of hydrogen-bond acceptors (Lipinski definition) is 7. The van der Waals surface area contributed by atoms with Crippen molar-refractivity contribution in [1.29, 1.82) is 0 Å². The number of morpholine rings is 1. The van der Waals surface area contributed by atoms with E-state index in [-0.39, 0.29) is 35.5 Å². The van der Waals surface area contributed by atoms with Crippen LogP contribution in [0.2, 0.25) is 0 Å². The summed E-state index contributed by atoms with van der Waals surface area (Å²) in [4.78, 5) is 45.3. The second-order valence-corrected chi connectivity index (χ2v) is 9.17. The van der Waals surface area contributed by atoms with E-state index in [0.29, 0.717) is 37.4 Å². The molecule has 0 bridgehead atoms. The molecular formula is C27H32FN3O6. The summed E-state index contributed by atoms with van der Waals surface area (Å²) in [5.74, 6) is -3.34. The van der Waals surface area contributed by atoms with Crippen molar-refractivity contribution in [2.24, 2.45) is 0 Å². The summed E-state index contributed by atoms with van der Waals surface area (Å²) in [6.07, 6.45) is 0.563. The zero-order chi connectivity index (χ0) is 26.7. The fourth-order valence-electron chi connectivity index (χ4n) is 5.07. The third-order valence-corrected chi connectivity index (χ3v) is 6.87. The van der Waals surface area contributed by atoms with Gasteiger partial charge in [-0.25, -0.2) is 9.18 Å². The molecule has 2 saturated heterocycles. The first-order chi connectivity index (χ1) is 17.8. The Morgan fingerprint density at radius 2 is 1.89 bits per heavy atom. The maximum Gasteiger partial charge on any atom is 0.355 e. The first kappa shape index (κ1) is 26.6. The number of hydrogen-bond donors (Lipinski definition) is 2. The lowest BCUT2D eigenvalue weighted by molar-refractivity contribution is -0.140. The number of halogens is 1. The predicted octanol–water partition coefficient (Wildman–Crippen LogP) is 3.09. The number of ether oxygens (including phenoxy) is 2. The van der Waals surface area contributed by atoms with Crippen LogP contribution in [0.1, 0.15) is 52.3 Å². The minimum absolute atomic E-state index is 0.117. The molecule has 2 aliphatic heterocycles. The summed E-state index contributed by atoms with van der Waals surface area (Å²) < 4.78 is 25.5. The monoisotopic (exact) mass is 513 g/mol. The summed E-state index contributed by atoms with van der Waals surface area (Å²) in [5, 5.41) is 11.4. The average Bonchev–Trinajstić information content (AvgIpc) is 3.32. The molecule has 2 aliphatic rings. The standard InChI is InChI=1S/C27H32FN3O6/c1-4-37-27(35)22-16(2)20(17(3)29-22)24(32)21-23(18-8-5-6-9-19(18)28)31(26(34)25(21)33)11-7-10-30-12-14-36-15-13-30/h5-6,8-9,23,29,32H,4,7,10-15H2,1-3H3/t23-/m1/s1. The van der Waals surface area contributed by atoms with E-state index >= 15 is 4.39 Å². The van der Waals surface area contributed by atoms with Crippen molar-refractivity contribution in [2.75, 3.05) is 46.0 Å². The maximum absolute atomic E-state index is 15.0. The van der Waals surface area contributed by atoms with E-state index in [0.717, 1.165) is 13.1 Å². The molecule has 9 nitrogen and oxygen atoms in total. The van der Waals surface area contributed by atoms with E-state index in [1.807, 2.05) is 0 Å². The number of ketones is 1. The van der Waals surface area contributed by atoms with Gasteiger partial charge in [0.05, 0.1) is 31.4 Å². The number of H-pyrrole nitrogens is 1. The average molecular weight is 514 g/mol. The van der Waals surface area contributed by atoms with Crippen LogP contribution in [-0.4, -0.2) is 83.5 Å². The number of amides is 1. The lowest BCUT2D eigenvalue weighted by atomic mass is 9.93. The molecule has 1 aromatic carbocycles. The minimum Gasteiger partial charge on any atom is -0.507 e. The van der Waals surface area contributed by atoms with Crippen LogP contribution >= 0.6 is 0 Å². The second kappa shape index (κ2) is 11.3. The number of carbonyl (C=O) groups excluding carboxylic acids is 3. The van der Waals surface area contributed by atoms with E-state index < -0.39 is 35.3 Å². The number of likely N-dealkylation sites (tertiary alicyclic amines) is 1. The van der Waals surface area contributed by atoms with Crippen LogP contribution in [0.15, 0.2) is 29.8 Å². The second-order valence-electron chi connectivity index (χ2n) is 9.17. The van der Waals surface area contributed by atoms with Crippen LogP contribution in [0.3, 0.4) is 0 Å². The lowest BCUT2D eigenvalue weighted by Gasteiger charge is -2.29. The molecule has 2 fully saturated rings. The number of aromatic nitrogens is 1. The van der Waals surface area contributed by atoms with Crippen molar-refractivity contribution < 1.29 is 33.4 Å². The maximum atomic E-state index is 15.0. The number of esters is 1. The van der Waals surface area contributed by atoms with Crippen LogP contribution in [0.4, 0.5) is 4.39 Å². The molecule has 1 aromatic heterocycles. The van der Waals surface area contributed by atoms with Crippen molar-refractivity contribution in [3.8, 4) is 0 Å². The molecule has 1 atom stereocenters. The SMILES string of the molecule is CCOC(=O)c1[nH]c(C)c(C(O)=C2C(=O)C(=O)N(CCCN3CCOCC3)[C@@H]2c2ccccc2F)c1C. The first-order valence-electron chi connectivity index (χ1n) is 12.5. The molecule has 0 saturated carbocycles. The number of rotatable bonds is 8. The third kappa shape index (κ3) is 5.17.